The third kappa shape index (κ3) is 4.92. The first-order valence-electron chi connectivity index (χ1n) is 12.4. The summed E-state index contributed by atoms with van der Waals surface area (Å²) in [4.78, 5) is 33.7. The van der Waals surface area contributed by atoms with Crippen LogP contribution in [0.3, 0.4) is 0 Å². The predicted molar refractivity (Wildman–Crippen MR) is 148 cm³/mol. The van der Waals surface area contributed by atoms with Crippen LogP contribution in [0.1, 0.15) is 42.7 Å². The highest BCUT2D eigenvalue weighted by atomic mass is 32.2. The number of benzene rings is 2. The molecular weight excluding hydrogens is 490 g/mol. The monoisotopic (exact) mass is 519 g/mol. The number of ether oxygens (including phenoxy) is 1. The van der Waals surface area contributed by atoms with Crippen molar-refractivity contribution in [3.63, 3.8) is 0 Å². The van der Waals surface area contributed by atoms with Gasteiger partial charge in [-0.25, -0.2) is 4.98 Å². The van der Waals surface area contributed by atoms with Crippen LogP contribution in [0.5, 0.6) is 5.75 Å². The van der Waals surface area contributed by atoms with Crippen molar-refractivity contribution < 1.29 is 9.53 Å². The Kier molecular flexibility index (Phi) is 7.43. The van der Waals surface area contributed by atoms with Crippen LogP contribution in [-0.4, -0.2) is 27.8 Å². The molecule has 186 valence electrons. The molecule has 4 aromatic rings. The Morgan fingerprint density at radius 2 is 1.89 bits per heavy atom. The summed E-state index contributed by atoms with van der Waals surface area (Å²) in [7, 11) is 0. The summed E-state index contributed by atoms with van der Waals surface area (Å²) in [5, 5.41) is 4.27. The normalized spacial score (nSPS) is 12.9. The van der Waals surface area contributed by atoms with Gasteiger partial charge in [0.1, 0.15) is 10.6 Å². The van der Waals surface area contributed by atoms with Crippen LogP contribution in [0.2, 0.25) is 0 Å². The molecule has 8 heteroatoms. The van der Waals surface area contributed by atoms with Crippen LogP contribution in [0.25, 0.3) is 15.9 Å². The molecule has 0 radical (unpaired) electrons. The second kappa shape index (κ2) is 10.9. The summed E-state index contributed by atoms with van der Waals surface area (Å²) in [6.45, 7) is 4.58. The number of amides is 1. The lowest BCUT2D eigenvalue weighted by atomic mass is 9.97. The van der Waals surface area contributed by atoms with Crippen LogP contribution >= 0.6 is 23.1 Å². The first kappa shape index (κ1) is 24.6. The largest absolute Gasteiger partial charge is 0.494 e. The third-order valence-corrected chi connectivity index (χ3v) is 8.49. The number of fused-ring (bicyclic) bond motifs is 3. The fourth-order valence-corrected chi connectivity index (χ4v) is 6.75. The van der Waals surface area contributed by atoms with E-state index in [0.717, 1.165) is 64.9 Å². The highest BCUT2D eigenvalue weighted by Gasteiger charge is 2.23. The zero-order chi connectivity index (χ0) is 25.1. The predicted octanol–water partition coefficient (Wildman–Crippen LogP) is 6.02. The van der Waals surface area contributed by atoms with E-state index < -0.39 is 0 Å². The molecule has 0 atom stereocenters. The summed E-state index contributed by atoms with van der Waals surface area (Å²) in [5.74, 6) is 0.774. The number of aryl methyl sites for hydroxylation is 3. The molecule has 0 spiro atoms. The van der Waals surface area contributed by atoms with Gasteiger partial charge < -0.3 is 10.1 Å². The van der Waals surface area contributed by atoms with Gasteiger partial charge in [0, 0.05) is 10.6 Å². The van der Waals surface area contributed by atoms with E-state index in [9.17, 15) is 9.59 Å². The van der Waals surface area contributed by atoms with E-state index in [1.165, 1.54) is 16.6 Å². The fourth-order valence-electron chi connectivity index (χ4n) is 4.64. The lowest BCUT2D eigenvalue weighted by Gasteiger charge is -2.14. The third-order valence-electron chi connectivity index (χ3n) is 6.37. The maximum atomic E-state index is 13.9. The van der Waals surface area contributed by atoms with Gasteiger partial charge in [-0.15, -0.1) is 11.3 Å². The highest BCUT2D eigenvalue weighted by Crippen LogP contribution is 2.35. The number of aromatic nitrogens is 2. The molecule has 5 rings (SSSR count). The van der Waals surface area contributed by atoms with Crippen molar-refractivity contribution in [1.82, 2.24) is 9.55 Å². The van der Waals surface area contributed by atoms with Crippen LogP contribution in [0.15, 0.2) is 58.5 Å². The van der Waals surface area contributed by atoms with Gasteiger partial charge in [-0.05, 0) is 80.5 Å². The number of anilines is 1. The molecule has 1 aliphatic carbocycles. The Balaban J connectivity index is 1.51. The molecule has 1 amide bonds. The van der Waals surface area contributed by atoms with Crippen molar-refractivity contribution in [3.8, 4) is 11.4 Å². The van der Waals surface area contributed by atoms with Gasteiger partial charge in [-0.3, -0.25) is 14.2 Å². The number of hydrogen-bond acceptors (Lipinski definition) is 6. The second-order valence-electron chi connectivity index (χ2n) is 8.70. The molecule has 1 N–H and O–H groups in total. The molecule has 2 heterocycles. The van der Waals surface area contributed by atoms with Crippen molar-refractivity contribution in [1.29, 1.82) is 0 Å². The van der Waals surface area contributed by atoms with Gasteiger partial charge in [0.2, 0.25) is 5.91 Å². The van der Waals surface area contributed by atoms with Crippen LogP contribution in [0, 0.1) is 0 Å². The number of thiophene rings is 1. The van der Waals surface area contributed by atoms with Gasteiger partial charge in [-0.1, -0.05) is 36.9 Å². The Morgan fingerprint density at radius 1 is 1.11 bits per heavy atom. The number of nitrogens with one attached hydrogen (secondary N) is 1. The molecule has 0 saturated heterocycles. The van der Waals surface area contributed by atoms with E-state index in [1.54, 1.807) is 15.9 Å². The SMILES string of the molecule is CCOc1ccc(-n2c(SCC(=O)Nc3ccccc3CC)nc3sc4c(c3c2=O)CCCC4)cc1. The molecule has 36 heavy (non-hydrogen) atoms. The standard InChI is InChI=1S/C28H29N3O3S2/c1-3-18-9-5-7-11-22(18)29-24(32)17-35-28-30-26-25(21-10-6-8-12-23(21)36-26)27(33)31(28)19-13-15-20(16-14-19)34-4-2/h5,7,9,11,13-16H,3-4,6,8,10,12,17H2,1-2H3,(H,29,32). The van der Waals surface area contributed by atoms with Crippen LogP contribution < -0.4 is 15.6 Å². The zero-order valence-corrected chi connectivity index (χ0v) is 22.1. The van der Waals surface area contributed by atoms with E-state index in [-0.39, 0.29) is 17.2 Å². The van der Waals surface area contributed by atoms with Crippen molar-refractivity contribution in [3.05, 3.63) is 74.9 Å². The van der Waals surface area contributed by atoms with Gasteiger partial charge in [-0.2, -0.15) is 0 Å². The molecule has 0 bridgehead atoms. The highest BCUT2D eigenvalue weighted by molar-refractivity contribution is 7.99. The zero-order valence-electron chi connectivity index (χ0n) is 20.5. The van der Waals surface area contributed by atoms with E-state index >= 15 is 0 Å². The number of carbonyl (C=O) groups excluding carboxylic acids is 1. The lowest BCUT2D eigenvalue weighted by Crippen LogP contribution is -2.23. The summed E-state index contributed by atoms with van der Waals surface area (Å²) in [5.41, 5.74) is 3.72. The minimum Gasteiger partial charge on any atom is -0.494 e. The van der Waals surface area contributed by atoms with Crippen molar-refractivity contribution in [2.45, 2.75) is 51.1 Å². The summed E-state index contributed by atoms with van der Waals surface area (Å²) >= 11 is 2.91. The van der Waals surface area contributed by atoms with E-state index in [1.807, 2.05) is 55.5 Å². The molecule has 2 aromatic carbocycles. The number of hydrogen-bond donors (Lipinski definition) is 1. The molecule has 0 aliphatic heterocycles. The minimum atomic E-state index is -0.126. The summed E-state index contributed by atoms with van der Waals surface area (Å²) in [6.07, 6.45) is 5.00. The molecule has 0 saturated carbocycles. The van der Waals surface area contributed by atoms with E-state index in [4.69, 9.17) is 9.72 Å². The smallest absolute Gasteiger partial charge is 0.267 e. The molecule has 1 aliphatic rings. The minimum absolute atomic E-state index is 0.0669. The summed E-state index contributed by atoms with van der Waals surface area (Å²) in [6, 6.07) is 15.3. The Bertz CT molecular complexity index is 1460. The van der Waals surface area contributed by atoms with Crippen LogP contribution in [0.4, 0.5) is 5.69 Å². The summed E-state index contributed by atoms with van der Waals surface area (Å²) < 4.78 is 7.23. The average molecular weight is 520 g/mol. The Morgan fingerprint density at radius 3 is 2.67 bits per heavy atom. The lowest BCUT2D eigenvalue weighted by molar-refractivity contribution is -0.113. The van der Waals surface area contributed by atoms with E-state index in [0.29, 0.717) is 17.5 Å². The first-order chi connectivity index (χ1) is 17.6. The van der Waals surface area contributed by atoms with Crippen molar-refractivity contribution in [2.24, 2.45) is 0 Å². The van der Waals surface area contributed by atoms with Gasteiger partial charge >= 0.3 is 0 Å². The number of nitrogens with zero attached hydrogens (tertiary/aromatic N) is 2. The number of para-hydroxylation sites is 1. The quantitative estimate of drug-likeness (QED) is 0.228. The van der Waals surface area contributed by atoms with E-state index in [2.05, 4.69) is 12.2 Å². The maximum Gasteiger partial charge on any atom is 0.267 e. The number of carbonyl (C=O) groups is 1. The molecule has 6 nitrogen and oxygen atoms in total. The van der Waals surface area contributed by atoms with Gasteiger partial charge in [0.15, 0.2) is 5.16 Å². The maximum absolute atomic E-state index is 13.9. The molecule has 2 aromatic heterocycles. The topological polar surface area (TPSA) is 73.2 Å². The van der Waals surface area contributed by atoms with Gasteiger partial charge in [0.05, 0.1) is 23.4 Å². The molecule has 0 unspecified atom stereocenters. The fraction of sp³-hybridized carbons (Fsp3) is 0.321. The Labute approximate surface area is 218 Å². The molecule has 0 fully saturated rings. The van der Waals surface area contributed by atoms with Crippen molar-refractivity contribution in [2.75, 3.05) is 17.7 Å². The second-order valence-corrected chi connectivity index (χ2v) is 10.7. The molecular formula is C28H29N3O3S2. The Hall–Kier alpha value is -3.10. The first-order valence-corrected chi connectivity index (χ1v) is 14.2. The van der Waals surface area contributed by atoms with Crippen molar-refractivity contribution >= 4 is 44.9 Å². The number of rotatable bonds is 8. The van der Waals surface area contributed by atoms with Gasteiger partial charge in [0.25, 0.3) is 5.56 Å². The van der Waals surface area contributed by atoms with Crippen LogP contribution in [-0.2, 0) is 24.1 Å². The number of thioether (sulfide) groups is 1. The average Bonchev–Trinajstić information content (AvgIpc) is 3.27.